The molecule has 2 N–H and O–H groups in total. The standard InChI is InChI=1S/C13H19N3O2/c1-15(2)6-3-7-16-11-5-4-10(14)8-12(11)18-9-13(16)17/h4-5,8H,3,6-7,9,14H2,1-2H3. The number of hydrogen-bond acceptors (Lipinski definition) is 4. The zero-order chi connectivity index (χ0) is 13.1. The highest BCUT2D eigenvalue weighted by Crippen LogP contribution is 2.33. The molecule has 0 unspecified atom stereocenters. The predicted octanol–water partition coefficient (Wildman–Crippen LogP) is 0.946. The Kier molecular flexibility index (Phi) is 3.72. The van der Waals surface area contributed by atoms with Gasteiger partial charge in [0.05, 0.1) is 5.69 Å². The molecule has 0 saturated carbocycles. The van der Waals surface area contributed by atoms with Crippen molar-refractivity contribution >= 4 is 17.3 Å². The fourth-order valence-electron chi connectivity index (χ4n) is 2.01. The molecule has 1 aromatic rings. The van der Waals surface area contributed by atoms with E-state index in [1.807, 2.05) is 20.2 Å². The third-order valence-corrected chi connectivity index (χ3v) is 2.91. The SMILES string of the molecule is CN(C)CCCN1C(=O)COc2cc(N)ccc21. The maximum absolute atomic E-state index is 11.9. The second-order valence-electron chi connectivity index (χ2n) is 4.72. The number of rotatable bonds is 4. The average molecular weight is 249 g/mol. The molecule has 1 aliphatic heterocycles. The van der Waals surface area contributed by atoms with Crippen LogP contribution in [0.15, 0.2) is 18.2 Å². The van der Waals surface area contributed by atoms with Crippen LogP contribution in [0.5, 0.6) is 5.75 Å². The normalized spacial score (nSPS) is 14.6. The summed E-state index contributed by atoms with van der Waals surface area (Å²) in [6.07, 6.45) is 0.933. The van der Waals surface area contributed by atoms with Crippen LogP contribution in [0.3, 0.4) is 0 Å². The summed E-state index contributed by atoms with van der Waals surface area (Å²) in [5, 5.41) is 0. The van der Waals surface area contributed by atoms with Crippen molar-refractivity contribution in [1.82, 2.24) is 4.90 Å². The lowest BCUT2D eigenvalue weighted by Crippen LogP contribution is -2.40. The molecule has 2 rings (SSSR count). The second kappa shape index (κ2) is 5.27. The van der Waals surface area contributed by atoms with E-state index < -0.39 is 0 Å². The van der Waals surface area contributed by atoms with E-state index >= 15 is 0 Å². The maximum atomic E-state index is 11.9. The smallest absolute Gasteiger partial charge is 0.265 e. The lowest BCUT2D eigenvalue weighted by molar-refractivity contribution is -0.121. The van der Waals surface area contributed by atoms with Crippen LogP contribution in [-0.2, 0) is 4.79 Å². The Morgan fingerprint density at radius 2 is 2.22 bits per heavy atom. The number of nitrogens with zero attached hydrogens (tertiary/aromatic N) is 2. The lowest BCUT2D eigenvalue weighted by Gasteiger charge is -2.29. The van der Waals surface area contributed by atoms with Gasteiger partial charge in [-0.3, -0.25) is 4.79 Å². The molecule has 1 amide bonds. The maximum Gasteiger partial charge on any atom is 0.265 e. The topological polar surface area (TPSA) is 58.8 Å². The Morgan fingerprint density at radius 1 is 1.44 bits per heavy atom. The lowest BCUT2D eigenvalue weighted by atomic mass is 10.2. The largest absolute Gasteiger partial charge is 0.481 e. The van der Waals surface area contributed by atoms with Crippen molar-refractivity contribution in [1.29, 1.82) is 0 Å². The summed E-state index contributed by atoms with van der Waals surface area (Å²) in [5.74, 6) is 0.700. The number of nitrogens with two attached hydrogens (primary N) is 1. The molecular weight excluding hydrogens is 230 g/mol. The summed E-state index contributed by atoms with van der Waals surface area (Å²) >= 11 is 0. The first-order chi connectivity index (χ1) is 8.58. The van der Waals surface area contributed by atoms with E-state index in [9.17, 15) is 4.79 Å². The first-order valence-corrected chi connectivity index (χ1v) is 6.05. The molecule has 1 aliphatic rings. The number of benzene rings is 1. The highest BCUT2D eigenvalue weighted by Gasteiger charge is 2.24. The van der Waals surface area contributed by atoms with Crippen molar-refractivity contribution in [3.05, 3.63) is 18.2 Å². The Labute approximate surface area is 107 Å². The molecule has 0 bridgehead atoms. The molecule has 1 aromatic carbocycles. The van der Waals surface area contributed by atoms with Gasteiger partial charge in [-0.25, -0.2) is 0 Å². The molecule has 5 nitrogen and oxygen atoms in total. The van der Waals surface area contributed by atoms with Crippen LogP contribution in [0.2, 0.25) is 0 Å². The van der Waals surface area contributed by atoms with Gasteiger partial charge in [0.15, 0.2) is 6.61 Å². The summed E-state index contributed by atoms with van der Waals surface area (Å²) < 4.78 is 5.39. The van der Waals surface area contributed by atoms with Gasteiger partial charge in [0.25, 0.3) is 5.91 Å². The molecule has 0 aromatic heterocycles. The molecular formula is C13H19N3O2. The van der Waals surface area contributed by atoms with Gasteiger partial charge in [0, 0.05) is 18.3 Å². The summed E-state index contributed by atoms with van der Waals surface area (Å²) in [7, 11) is 4.05. The Bertz CT molecular complexity index is 446. The molecule has 1 heterocycles. The number of nitrogen functional groups attached to an aromatic ring is 1. The second-order valence-corrected chi connectivity index (χ2v) is 4.72. The fourth-order valence-corrected chi connectivity index (χ4v) is 2.01. The number of anilines is 2. The number of fused-ring (bicyclic) bond motifs is 1. The monoisotopic (exact) mass is 249 g/mol. The van der Waals surface area contributed by atoms with Crippen LogP contribution in [0.25, 0.3) is 0 Å². The Morgan fingerprint density at radius 3 is 2.94 bits per heavy atom. The molecule has 0 radical (unpaired) electrons. The van der Waals surface area contributed by atoms with Crippen LogP contribution in [0.4, 0.5) is 11.4 Å². The van der Waals surface area contributed by atoms with Crippen LogP contribution in [-0.4, -0.2) is 44.6 Å². The van der Waals surface area contributed by atoms with Gasteiger partial charge in [-0.1, -0.05) is 0 Å². The molecule has 0 aliphatic carbocycles. The van der Waals surface area contributed by atoms with Crippen LogP contribution in [0.1, 0.15) is 6.42 Å². The number of hydrogen-bond donors (Lipinski definition) is 1. The summed E-state index contributed by atoms with van der Waals surface area (Å²) in [5.41, 5.74) is 7.18. The highest BCUT2D eigenvalue weighted by molar-refractivity contribution is 5.98. The fraction of sp³-hybridized carbons (Fsp3) is 0.462. The minimum atomic E-state index is 0.00558. The van der Waals surface area contributed by atoms with Gasteiger partial charge in [0.1, 0.15) is 5.75 Å². The van der Waals surface area contributed by atoms with E-state index in [4.69, 9.17) is 10.5 Å². The molecule has 18 heavy (non-hydrogen) atoms. The third kappa shape index (κ3) is 2.73. The third-order valence-electron chi connectivity index (χ3n) is 2.91. The predicted molar refractivity (Wildman–Crippen MR) is 71.9 cm³/mol. The molecule has 98 valence electrons. The Balaban J connectivity index is 2.12. The van der Waals surface area contributed by atoms with Crippen LogP contribution < -0.4 is 15.4 Å². The first-order valence-electron chi connectivity index (χ1n) is 6.05. The quantitative estimate of drug-likeness (QED) is 0.807. The van der Waals surface area contributed by atoms with Gasteiger partial charge < -0.3 is 20.3 Å². The van der Waals surface area contributed by atoms with E-state index in [1.165, 1.54) is 0 Å². The first kappa shape index (κ1) is 12.7. The zero-order valence-corrected chi connectivity index (χ0v) is 10.8. The van der Waals surface area contributed by atoms with E-state index in [-0.39, 0.29) is 12.5 Å². The molecule has 5 heteroatoms. The Hall–Kier alpha value is -1.75. The van der Waals surface area contributed by atoms with E-state index in [1.54, 1.807) is 17.0 Å². The summed E-state index contributed by atoms with van der Waals surface area (Å²) in [6.45, 7) is 1.75. The number of carbonyl (C=O) groups is 1. The van der Waals surface area contributed by atoms with Crippen LogP contribution in [0, 0.1) is 0 Å². The molecule has 0 atom stereocenters. The van der Waals surface area contributed by atoms with Gasteiger partial charge in [0.2, 0.25) is 0 Å². The van der Waals surface area contributed by atoms with Gasteiger partial charge >= 0.3 is 0 Å². The van der Waals surface area contributed by atoms with Crippen molar-refractivity contribution in [2.24, 2.45) is 0 Å². The summed E-state index contributed by atoms with van der Waals surface area (Å²) in [6, 6.07) is 5.40. The van der Waals surface area contributed by atoms with Gasteiger partial charge in [-0.2, -0.15) is 0 Å². The highest BCUT2D eigenvalue weighted by atomic mass is 16.5. The van der Waals surface area contributed by atoms with E-state index in [2.05, 4.69) is 4.90 Å². The number of carbonyl (C=O) groups excluding carboxylic acids is 1. The van der Waals surface area contributed by atoms with E-state index in [0.29, 0.717) is 18.0 Å². The molecule has 0 saturated heterocycles. The number of amides is 1. The minimum absolute atomic E-state index is 0.00558. The van der Waals surface area contributed by atoms with Crippen molar-refractivity contribution in [2.45, 2.75) is 6.42 Å². The molecule has 0 spiro atoms. The zero-order valence-electron chi connectivity index (χ0n) is 10.8. The minimum Gasteiger partial charge on any atom is -0.481 e. The number of ether oxygens (including phenoxy) is 1. The van der Waals surface area contributed by atoms with Crippen molar-refractivity contribution < 1.29 is 9.53 Å². The molecule has 0 fully saturated rings. The van der Waals surface area contributed by atoms with Gasteiger partial charge in [-0.15, -0.1) is 0 Å². The van der Waals surface area contributed by atoms with E-state index in [0.717, 1.165) is 18.7 Å². The van der Waals surface area contributed by atoms with Crippen molar-refractivity contribution in [2.75, 3.05) is 44.4 Å². The van der Waals surface area contributed by atoms with Gasteiger partial charge in [-0.05, 0) is 39.2 Å². The van der Waals surface area contributed by atoms with Crippen LogP contribution >= 0.6 is 0 Å². The average Bonchev–Trinajstić information content (AvgIpc) is 2.31. The van der Waals surface area contributed by atoms with Crippen molar-refractivity contribution in [3.63, 3.8) is 0 Å². The van der Waals surface area contributed by atoms with Crippen molar-refractivity contribution in [3.8, 4) is 5.75 Å². The summed E-state index contributed by atoms with van der Waals surface area (Å²) in [4.78, 5) is 15.8.